The summed E-state index contributed by atoms with van der Waals surface area (Å²) in [6.45, 7) is -0.113. The molecule has 0 aliphatic rings. The van der Waals surface area contributed by atoms with Gasteiger partial charge in [0, 0.05) is 22.3 Å². The summed E-state index contributed by atoms with van der Waals surface area (Å²) in [5.41, 5.74) is 0.522. The highest BCUT2D eigenvalue weighted by Crippen LogP contribution is 2.39. The molecule has 24 heavy (non-hydrogen) atoms. The van der Waals surface area contributed by atoms with Gasteiger partial charge in [-0.05, 0) is 24.3 Å². The minimum atomic E-state index is -0.299. The van der Waals surface area contributed by atoms with Crippen molar-refractivity contribution in [2.45, 2.75) is 0 Å². The van der Waals surface area contributed by atoms with Crippen molar-refractivity contribution in [3.05, 3.63) is 40.9 Å². The number of carbonyl (C=O) groups is 1. The lowest BCUT2D eigenvalue weighted by Gasteiger charge is -2.14. The van der Waals surface area contributed by atoms with E-state index in [9.17, 15) is 4.79 Å². The molecule has 7 heteroatoms. The minimum absolute atomic E-state index is 0.113. The molecule has 0 saturated heterocycles. The van der Waals surface area contributed by atoms with Gasteiger partial charge in [0.25, 0.3) is 5.91 Å². The molecule has 0 spiro atoms. The number of methoxy groups -OCH3 is 3. The molecule has 0 atom stereocenters. The average molecular weight is 396 g/mol. The van der Waals surface area contributed by atoms with E-state index in [0.717, 1.165) is 4.47 Å². The number of anilines is 1. The van der Waals surface area contributed by atoms with Gasteiger partial charge in [0.15, 0.2) is 18.1 Å². The molecule has 2 aromatic carbocycles. The number of benzene rings is 2. The number of rotatable bonds is 7. The number of hydrogen-bond donors (Lipinski definition) is 1. The van der Waals surface area contributed by atoms with Crippen LogP contribution in [0.5, 0.6) is 23.0 Å². The Morgan fingerprint density at radius 2 is 1.58 bits per heavy atom. The smallest absolute Gasteiger partial charge is 0.262 e. The van der Waals surface area contributed by atoms with Crippen molar-refractivity contribution in [2.75, 3.05) is 33.3 Å². The lowest BCUT2D eigenvalue weighted by molar-refractivity contribution is -0.118. The zero-order valence-corrected chi connectivity index (χ0v) is 15.2. The topological polar surface area (TPSA) is 66.0 Å². The van der Waals surface area contributed by atoms with Crippen LogP contribution in [0.15, 0.2) is 40.9 Å². The van der Waals surface area contributed by atoms with Gasteiger partial charge < -0.3 is 24.3 Å². The van der Waals surface area contributed by atoms with Crippen LogP contribution in [0.25, 0.3) is 0 Å². The van der Waals surface area contributed by atoms with E-state index in [1.165, 1.54) is 21.3 Å². The number of amides is 1. The molecule has 0 aromatic heterocycles. The van der Waals surface area contributed by atoms with Gasteiger partial charge in [-0.1, -0.05) is 15.9 Å². The van der Waals surface area contributed by atoms with Crippen LogP contribution in [0.3, 0.4) is 0 Å². The Morgan fingerprint density at radius 3 is 2.08 bits per heavy atom. The van der Waals surface area contributed by atoms with E-state index in [1.54, 1.807) is 24.3 Å². The maximum absolute atomic E-state index is 12.0. The predicted octanol–water partition coefficient (Wildman–Crippen LogP) is 3.49. The fourth-order valence-corrected chi connectivity index (χ4v) is 2.29. The summed E-state index contributed by atoms with van der Waals surface area (Å²) in [6.07, 6.45) is 0. The van der Waals surface area contributed by atoms with Crippen molar-refractivity contribution in [3.8, 4) is 23.0 Å². The highest BCUT2D eigenvalue weighted by molar-refractivity contribution is 9.10. The number of hydrogen-bond acceptors (Lipinski definition) is 5. The third kappa shape index (κ3) is 4.55. The summed E-state index contributed by atoms with van der Waals surface area (Å²) in [5.74, 6) is 1.69. The van der Waals surface area contributed by atoms with E-state index in [4.69, 9.17) is 18.9 Å². The molecule has 0 bridgehead atoms. The summed E-state index contributed by atoms with van der Waals surface area (Å²) in [6, 6.07) is 10.5. The highest BCUT2D eigenvalue weighted by atomic mass is 79.9. The third-order valence-electron chi connectivity index (χ3n) is 3.13. The summed E-state index contributed by atoms with van der Waals surface area (Å²) in [5, 5.41) is 2.74. The van der Waals surface area contributed by atoms with Crippen molar-refractivity contribution in [3.63, 3.8) is 0 Å². The Morgan fingerprint density at radius 1 is 1.00 bits per heavy atom. The molecular weight excluding hydrogens is 378 g/mol. The van der Waals surface area contributed by atoms with Gasteiger partial charge in [0.2, 0.25) is 5.75 Å². The fourth-order valence-electron chi connectivity index (χ4n) is 2.03. The second-order valence-electron chi connectivity index (χ2n) is 4.70. The molecule has 6 nitrogen and oxygen atoms in total. The number of carbonyl (C=O) groups excluding carboxylic acids is 1. The Balaban J connectivity index is 2.04. The van der Waals surface area contributed by atoms with E-state index < -0.39 is 0 Å². The molecule has 0 radical (unpaired) electrons. The fraction of sp³-hybridized carbons (Fsp3) is 0.235. The van der Waals surface area contributed by atoms with E-state index >= 15 is 0 Å². The lowest BCUT2D eigenvalue weighted by Crippen LogP contribution is -2.20. The van der Waals surface area contributed by atoms with E-state index in [-0.39, 0.29) is 12.5 Å². The number of ether oxygens (including phenoxy) is 4. The van der Waals surface area contributed by atoms with Gasteiger partial charge in [0.1, 0.15) is 5.75 Å². The molecule has 1 amide bonds. The molecule has 0 saturated carbocycles. The normalized spacial score (nSPS) is 10.0. The zero-order valence-electron chi connectivity index (χ0n) is 13.6. The first-order valence-corrected chi connectivity index (χ1v) is 7.85. The van der Waals surface area contributed by atoms with Gasteiger partial charge in [-0.15, -0.1) is 0 Å². The Hall–Kier alpha value is -2.41. The van der Waals surface area contributed by atoms with Crippen molar-refractivity contribution in [2.24, 2.45) is 0 Å². The molecule has 128 valence electrons. The summed E-state index contributed by atoms with van der Waals surface area (Å²) >= 11 is 3.34. The van der Waals surface area contributed by atoms with Gasteiger partial charge in [-0.2, -0.15) is 0 Å². The molecule has 1 N–H and O–H groups in total. The van der Waals surface area contributed by atoms with Crippen LogP contribution in [0, 0.1) is 0 Å². The van der Waals surface area contributed by atoms with Gasteiger partial charge in [-0.25, -0.2) is 0 Å². The van der Waals surface area contributed by atoms with Crippen LogP contribution >= 0.6 is 15.9 Å². The van der Waals surface area contributed by atoms with E-state index in [2.05, 4.69) is 21.2 Å². The van der Waals surface area contributed by atoms with Crippen molar-refractivity contribution in [1.29, 1.82) is 0 Å². The zero-order chi connectivity index (χ0) is 17.5. The first-order chi connectivity index (χ1) is 11.6. The van der Waals surface area contributed by atoms with E-state index in [0.29, 0.717) is 28.7 Å². The minimum Gasteiger partial charge on any atom is -0.493 e. The molecular formula is C17H18BrNO5. The molecule has 2 rings (SSSR count). The van der Waals surface area contributed by atoms with Crippen LogP contribution in [0.1, 0.15) is 0 Å². The van der Waals surface area contributed by atoms with Crippen LogP contribution < -0.4 is 24.3 Å². The van der Waals surface area contributed by atoms with Gasteiger partial charge in [-0.3, -0.25) is 4.79 Å². The monoisotopic (exact) mass is 395 g/mol. The summed E-state index contributed by atoms with van der Waals surface area (Å²) in [4.78, 5) is 12.0. The quantitative estimate of drug-likeness (QED) is 0.776. The van der Waals surface area contributed by atoms with Crippen LogP contribution in [0.4, 0.5) is 5.69 Å². The van der Waals surface area contributed by atoms with Crippen molar-refractivity contribution >= 4 is 27.5 Å². The maximum atomic E-state index is 12.0. The molecule has 0 unspecified atom stereocenters. The SMILES string of the molecule is COc1cc(NC(=O)COc2ccc(Br)cc2)cc(OC)c1OC. The molecule has 0 heterocycles. The second kappa shape index (κ2) is 8.44. The van der Waals surface area contributed by atoms with Crippen LogP contribution in [-0.2, 0) is 4.79 Å². The van der Waals surface area contributed by atoms with Gasteiger partial charge in [0.05, 0.1) is 21.3 Å². The molecule has 0 fully saturated rings. The first kappa shape index (κ1) is 17.9. The number of halogens is 1. The summed E-state index contributed by atoms with van der Waals surface area (Å²) in [7, 11) is 4.55. The molecule has 0 aliphatic carbocycles. The highest BCUT2D eigenvalue weighted by Gasteiger charge is 2.14. The van der Waals surface area contributed by atoms with Crippen molar-refractivity contribution < 1.29 is 23.7 Å². The first-order valence-electron chi connectivity index (χ1n) is 7.05. The largest absolute Gasteiger partial charge is 0.493 e. The van der Waals surface area contributed by atoms with Crippen molar-refractivity contribution in [1.82, 2.24) is 0 Å². The Bertz CT molecular complexity index is 678. The summed E-state index contributed by atoms with van der Waals surface area (Å²) < 4.78 is 22.1. The van der Waals surface area contributed by atoms with Crippen LogP contribution in [0.2, 0.25) is 0 Å². The Labute approximate surface area is 148 Å². The number of nitrogens with one attached hydrogen (secondary N) is 1. The molecule has 2 aromatic rings. The third-order valence-corrected chi connectivity index (χ3v) is 3.66. The Kier molecular flexibility index (Phi) is 6.31. The lowest BCUT2D eigenvalue weighted by atomic mass is 10.2. The predicted molar refractivity (Wildman–Crippen MR) is 94.4 cm³/mol. The average Bonchev–Trinajstić information content (AvgIpc) is 2.60. The standard InChI is InChI=1S/C17H18BrNO5/c1-21-14-8-12(9-15(22-2)17(14)23-3)19-16(20)10-24-13-6-4-11(18)5-7-13/h4-9H,10H2,1-3H3,(H,19,20). The van der Waals surface area contributed by atoms with Crippen LogP contribution in [-0.4, -0.2) is 33.8 Å². The maximum Gasteiger partial charge on any atom is 0.262 e. The molecule has 0 aliphatic heterocycles. The van der Waals surface area contributed by atoms with E-state index in [1.807, 2.05) is 12.1 Å². The second-order valence-corrected chi connectivity index (χ2v) is 5.62. The van der Waals surface area contributed by atoms with Gasteiger partial charge >= 0.3 is 0 Å².